The molecule has 8 nitrogen and oxygen atoms in total. The summed E-state index contributed by atoms with van der Waals surface area (Å²) < 4.78 is 22.5. The highest BCUT2D eigenvalue weighted by Crippen LogP contribution is 2.43. The van der Waals surface area contributed by atoms with Crippen molar-refractivity contribution < 1.29 is 8.83 Å². The van der Waals surface area contributed by atoms with E-state index >= 15 is 0 Å². The van der Waals surface area contributed by atoms with Crippen molar-refractivity contribution in [2.75, 3.05) is 0 Å². The lowest BCUT2D eigenvalue weighted by molar-refractivity contribution is 0.376. The summed E-state index contributed by atoms with van der Waals surface area (Å²) in [4.78, 5) is 9.84. The molecule has 0 aliphatic heterocycles. The zero-order chi connectivity index (χ0) is 64.7. The highest BCUT2D eigenvalue weighted by atomic mass is 16.3. The lowest BCUT2D eigenvalue weighted by Crippen LogP contribution is -2.12. The van der Waals surface area contributed by atoms with Crippen molar-refractivity contribution in [1.82, 2.24) is 28.2 Å². The third-order valence-electron chi connectivity index (χ3n) is 21.0. The van der Waals surface area contributed by atoms with Gasteiger partial charge in [-0.1, -0.05) is 148 Å². The molecule has 0 aliphatic carbocycles. The molecule has 466 valence electrons. The molecule has 0 saturated heterocycles. The van der Waals surface area contributed by atoms with Gasteiger partial charge in [0.05, 0.1) is 55.2 Å². The molecular weight excluding hydrogens is 1200 g/mol. The van der Waals surface area contributed by atoms with E-state index in [0.717, 1.165) is 158 Å². The molecule has 0 amide bonds. The average molecular weight is 1260 g/mol. The first-order chi connectivity index (χ1) is 48.4. The van der Waals surface area contributed by atoms with Crippen LogP contribution in [0, 0.1) is 11.8 Å². The van der Waals surface area contributed by atoms with Gasteiger partial charge in [-0.3, -0.25) is 9.97 Å². The Morgan fingerprint density at radius 3 is 1.23 bits per heavy atom. The van der Waals surface area contributed by atoms with E-state index in [1.807, 2.05) is 24.5 Å². The Morgan fingerprint density at radius 2 is 0.694 bits per heavy atom. The van der Waals surface area contributed by atoms with Crippen LogP contribution in [0.3, 0.4) is 0 Å². The lowest BCUT2D eigenvalue weighted by Gasteiger charge is -2.22. The summed E-state index contributed by atoms with van der Waals surface area (Å²) in [7, 11) is 0. The van der Waals surface area contributed by atoms with E-state index in [-0.39, 0.29) is 0 Å². The zero-order valence-corrected chi connectivity index (χ0v) is 54.2. The SMILES string of the molecule is CCC(Cc1cc(-n2c3ccccc3c3ncccc32)cc(-n2c3ccccc3c3ncccc32)c1)CC(C)Cc1ccc2oc3ccc(-c4ccc5c(c4)c4ccccc4n5-c4cccc(-n5c6ccccc6c6cc(-c7ccc8oc9ccccc9c8c7)ccc65)c4)cc3c2c1. The van der Waals surface area contributed by atoms with Crippen molar-refractivity contribution in [3.05, 3.63) is 303 Å². The first-order valence-electron chi connectivity index (χ1n) is 34.3. The third kappa shape index (κ3) is 8.90. The van der Waals surface area contributed by atoms with Gasteiger partial charge in [0.2, 0.25) is 0 Å². The van der Waals surface area contributed by atoms with E-state index < -0.39 is 0 Å². The van der Waals surface area contributed by atoms with Crippen molar-refractivity contribution in [3.63, 3.8) is 0 Å². The predicted octanol–water partition coefficient (Wildman–Crippen LogP) is 23.8. The largest absolute Gasteiger partial charge is 0.456 e. The number of aromatic nitrogens is 6. The van der Waals surface area contributed by atoms with Crippen LogP contribution in [-0.2, 0) is 12.8 Å². The summed E-state index contributed by atoms with van der Waals surface area (Å²) in [5.41, 5.74) is 26.6. The fourth-order valence-electron chi connectivity index (χ4n) is 16.6. The molecule has 0 saturated carbocycles. The second-order valence-electron chi connectivity index (χ2n) is 27.0. The molecule has 0 bridgehead atoms. The Kier molecular flexibility index (Phi) is 12.7. The van der Waals surface area contributed by atoms with Crippen molar-refractivity contribution in [3.8, 4) is 45.0 Å². The molecule has 8 heterocycles. The maximum atomic E-state index is 6.61. The van der Waals surface area contributed by atoms with Crippen molar-refractivity contribution in [2.24, 2.45) is 11.8 Å². The maximum Gasteiger partial charge on any atom is 0.135 e. The summed E-state index contributed by atoms with van der Waals surface area (Å²) >= 11 is 0. The molecule has 0 N–H and O–H groups in total. The normalized spacial score (nSPS) is 12.9. The van der Waals surface area contributed by atoms with Gasteiger partial charge in [-0.2, -0.15) is 0 Å². The van der Waals surface area contributed by atoms with Crippen LogP contribution in [0.5, 0.6) is 0 Å². The molecular formula is C90H64N6O2. The fourth-order valence-corrected chi connectivity index (χ4v) is 16.6. The fraction of sp³-hybridized carbons (Fsp3) is 0.0889. The van der Waals surface area contributed by atoms with E-state index in [4.69, 9.17) is 18.8 Å². The summed E-state index contributed by atoms with van der Waals surface area (Å²) in [6.07, 6.45) is 7.91. The minimum atomic E-state index is 0.442. The first kappa shape index (κ1) is 56.1. The standard InChI is InChI=1S/C90H64N6O2/c1-3-56(45-58-46-65(95-79-26-11-6-22-70(79)89-83(95)28-15-41-91-89)54-66(47-58)96-80-27-12-7-23-71(80)90-84(96)29-16-42-92-90)43-55(2)44-57-31-38-86-74(48-57)76-52-62(35-40-88(76)98-86)60-33-37-82-73(50-60)68-20-5-10-25-78(68)94(82)64-18-14-17-63(53-64)93-77-24-9-4-19-67(77)72-49-59(32-36-81(72)93)61-34-39-87-75(51-61)69-21-8-13-30-85(69)97-87/h4-42,46-56H,3,43-45H2,1-2H3. The molecule has 0 radical (unpaired) electrons. The number of rotatable bonds is 13. The smallest absolute Gasteiger partial charge is 0.135 e. The van der Waals surface area contributed by atoms with Crippen LogP contribution in [0.25, 0.3) is 176 Å². The Morgan fingerprint density at radius 1 is 0.296 bits per heavy atom. The Labute approximate surface area is 564 Å². The molecule has 8 heteroatoms. The molecule has 20 rings (SSSR count). The van der Waals surface area contributed by atoms with Crippen LogP contribution in [0.4, 0.5) is 0 Å². The van der Waals surface area contributed by atoms with Gasteiger partial charge in [0.15, 0.2) is 0 Å². The van der Waals surface area contributed by atoms with Crippen molar-refractivity contribution >= 4 is 131 Å². The first-order valence-corrected chi connectivity index (χ1v) is 34.3. The number of para-hydroxylation sites is 5. The van der Waals surface area contributed by atoms with Crippen LogP contribution >= 0.6 is 0 Å². The van der Waals surface area contributed by atoms with Gasteiger partial charge in [-0.25, -0.2) is 0 Å². The molecule has 2 unspecified atom stereocenters. The summed E-state index contributed by atoms with van der Waals surface area (Å²) in [6, 6.07) is 102. The minimum absolute atomic E-state index is 0.442. The second kappa shape index (κ2) is 22.2. The summed E-state index contributed by atoms with van der Waals surface area (Å²) in [5, 5.41) is 11.7. The van der Waals surface area contributed by atoms with E-state index in [0.29, 0.717) is 11.8 Å². The molecule has 0 spiro atoms. The van der Waals surface area contributed by atoms with Crippen molar-refractivity contribution in [1.29, 1.82) is 0 Å². The summed E-state index contributed by atoms with van der Waals surface area (Å²) in [5.74, 6) is 0.904. The Balaban J connectivity index is 0.603. The van der Waals surface area contributed by atoms with Crippen LogP contribution in [0.2, 0.25) is 0 Å². The van der Waals surface area contributed by atoms with Gasteiger partial charge in [-0.15, -0.1) is 0 Å². The van der Waals surface area contributed by atoms with E-state index in [1.54, 1.807) is 0 Å². The number of furan rings is 2. The lowest BCUT2D eigenvalue weighted by atomic mass is 9.85. The van der Waals surface area contributed by atoms with Gasteiger partial charge >= 0.3 is 0 Å². The van der Waals surface area contributed by atoms with Gasteiger partial charge < -0.3 is 27.1 Å². The van der Waals surface area contributed by atoms with E-state index in [9.17, 15) is 0 Å². The number of benzene rings is 12. The molecule has 12 aromatic carbocycles. The van der Waals surface area contributed by atoms with E-state index in [1.165, 1.54) is 54.8 Å². The molecule has 8 aromatic heterocycles. The third-order valence-corrected chi connectivity index (χ3v) is 21.0. The summed E-state index contributed by atoms with van der Waals surface area (Å²) in [6.45, 7) is 4.80. The van der Waals surface area contributed by atoms with E-state index in [2.05, 4.69) is 299 Å². The van der Waals surface area contributed by atoms with Gasteiger partial charge in [0.25, 0.3) is 0 Å². The zero-order valence-electron chi connectivity index (χ0n) is 54.2. The van der Waals surface area contributed by atoms with Crippen LogP contribution in [0.1, 0.15) is 37.8 Å². The number of hydrogen-bond acceptors (Lipinski definition) is 4. The highest BCUT2D eigenvalue weighted by Gasteiger charge is 2.23. The van der Waals surface area contributed by atoms with Gasteiger partial charge in [0.1, 0.15) is 22.3 Å². The quantitative estimate of drug-likeness (QED) is 0.115. The van der Waals surface area contributed by atoms with Gasteiger partial charge in [-0.05, 0) is 216 Å². The molecule has 0 aliphatic rings. The predicted molar refractivity (Wildman–Crippen MR) is 406 cm³/mol. The molecule has 0 fully saturated rings. The molecule has 2 atom stereocenters. The highest BCUT2D eigenvalue weighted by molar-refractivity contribution is 6.14. The number of nitrogens with zero attached hydrogens (tertiary/aromatic N) is 6. The number of fused-ring (bicyclic) bond motifs is 18. The number of pyridine rings is 2. The number of hydrogen-bond donors (Lipinski definition) is 0. The second-order valence-corrected chi connectivity index (χ2v) is 27.0. The van der Waals surface area contributed by atoms with Crippen LogP contribution < -0.4 is 0 Å². The van der Waals surface area contributed by atoms with Crippen LogP contribution in [0.15, 0.2) is 300 Å². The average Bonchev–Trinajstić information content (AvgIpc) is 1.59. The maximum absolute atomic E-state index is 6.61. The molecule has 98 heavy (non-hydrogen) atoms. The van der Waals surface area contributed by atoms with Gasteiger partial charge in [0, 0.05) is 89.0 Å². The molecule has 20 aromatic rings. The Hall–Kier alpha value is -12.3. The minimum Gasteiger partial charge on any atom is -0.456 e. The topological polar surface area (TPSA) is 71.8 Å². The Bertz CT molecular complexity index is 6400. The monoisotopic (exact) mass is 1260 g/mol. The van der Waals surface area contributed by atoms with Crippen LogP contribution in [-0.4, -0.2) is 28.2 Å². The van der Waals surface area contributed by atoms with Crippen molar-refractivity contribution in [2.45, 2.75) is 39.5 Å².